The van der Waals surface area contributed by atoms with Gasteiger partial charge in [-0.3, -0.25) is 10.1 Å². The second-order valence-corrected chi connectivity index (χ2v) is 9.25. The average Bonchev–Trinajstić information content (AvgIpc) is 3.24. The van der Waals surface area contributed by atoms with Crippen LogP contribution in [0.25, 0.3) is 0 Å². The summed E-state index contributed by atoms with van der Waals surface area (Å²) < 4.78 is 1.75. The van der Waals surface area contributed by atoms with Crippen LogP contribution in [0.5, 0.6) is 0 Å². The SMILES string of the molecule is CC(=O)[O-].C[n+]1cc(C[N+](=O)[O-])sc1N=Nc1cccc(NCc2ccccc2)c1NCc1ccccc1. The molecule has 196 valence electrons. The molecule has 4 aromatic rings. The molecule has 11 heteroatoms. The Morgan fingerprint density at radius 3 is 2.08 bits per heavy atom. The normalized spacial score (nSPS) is 10.5. The van der Waals surface area contributed by atoms with Crippen molar-refractivity contribution in [2.45, 2.75) is 26.6 Å². The first kappa shape index (κ1) is 27.9. The van der Waals surface area contributed by atoms with Crippen molar-refractivity contribution in [2.75, 3.05) is 10.6 Å². The first-order valence-corrected chi connectivity index (χ1v) is 12.5. The van der Waals surface area contributed by atoms with Gasteiger partial charge in [0.15, 0.2) is 0 Å². The number of aliphatic carboxylic acids is 1. The molecule has 0 amide bonds. The summed E-state index contributed by atoms with van der Waals surface area (Å²) in [6.07, 6.45) is 1.72. The first-order chi connectivity index (χ1) is 18.3. The number of hydrogen-bond acceptors (Lipinski definition) is 9. The van der Waals surface area contributed by atoms with Crippen molar-refractivity contribution in [2.24, 2.45) is 17.3 Å². The Kier molecular flexibility index (Phi) is 10.4. The summed E-state index contributed by atoms with van der Waals surface area (Å²) in [6.45, 7) is 2.05. The third-order valence-corrected chi connectivity index (χ3v) is 6.12. The van der Waals surface area contributed by atoms with Crippen molar-refractivity contribution in [3.8, 4) is 0 Å². The predicted molar refractivity (Wildman–Crippen MR) is 145 cm³/mol. The van der Waals surface area contributed by atoms with E-state index in [1.807, 2.05) is 54.6 Å². The van der Waals surface area contributed by atoms with Crippen molar-refractivity contribution in [3.05, 3.63) is 111 Å². The van der Waals surface area contributed by atoms with Crippen LogP contribution in [0.1, 0.15) is 22.9 Å². The average molecular weight is 533 g/mol. The van der Waals surface area contributed by atoms with Gasteiger partial charge in [0.2, 0.25) is 6.54 Å². The van der Waals surface area contributed by atoms with Gasteiger partial charge >= 0.3 is 5.13 Å². The van der Waals surface area contributed by atoms with Crippen LogP contribution in [-0.2, 0) is 31.5 Å². The molecule has 0 radical (unpaired) electrons. The van der Waals surface area contributed by atoms with Gasteiger partial charge in [-0.05, 0) is 46.6 Å². The minimum atomic E-state index is -1.08. The van der Waals surface area contributed by atoms with Gasteiger partial charge in [0.05, 0.1) is 23.5 Å². The van der Waals surface area contributed by atoms with Crippen molar-refractivity contribution in [1.29, 1.82) is 0 Å². The van der Waals surface area contributed by atoms with Gasteiger partial charge in [-0.25, -0.2) is 4.57 Å². The van der Waals surface area contributed by atoms with Gasteiger partial charge in [-0.2, -0.15) is 0 Å². The van der Waals surface area contributed by atoms with E-state index in [0.717, 1.165) is 23.9 Å². The molecule has 0 unspecified atom stereocenters. The maximum Gasteiger partial charge on any atom is 0.408 e. The molecular formula is C27H28N6O4S. The molecule has 0 bridgehead atoms. The molecule has 0 atom stereocenters. The number of aromatic nitrogens is 1. The molecule has 0 spiro atoms. The Hall–Kier alpha value is -4.64. The van der Waals surface area contributed by atoms with Gasteiger partial charge < -0.3 is 20.5 Å². The lowest BCUT2D eigenvalue weighted by Crippen LogP contribution is -2.24. The number of nitrogens with zero attached hydrogens (tertiary/aromatic N) is 4. The summed E-state index contributed by atoms with van der Waals surface area (Å²) in [4.78, 5) is 20.0. The van der Waals surface area contributed by atoms with E-state index >= 15 is 0 Å². The van der Waals surface area contributed by atoms with Gasteiger partial charge in [-0.1, -0.05) is 66.7 Å². The van der Waals surface area contributed by atoms with E-state index in [2.05, 4.69) is 45.1 Å². The quantitative estimate of drug-likeness (QED) is 0.131. The Balaban J connectivity index is 0.000000934. The summed E-state index contributed by atoms with van der Waals surface area (Å²) in [5.41, 5.74) is 4.76. The molecule has 0 aliphatic rings. The molecule has 1 heterocycles. The van der Waals surface area contributed by atoms with Crippen LogP contribution in [0, 0.1) is 10.1 Å². The minimum Gasteiger partial charge on any atom is -0.550 e. The maximum atomic E-state index is 10.8. The van der Waals surface area contributed by atoms with E-state index in [1.165, 1.54) is 16.9 Å². The lowest BCUT2D eigenvalue weighted by atomic mass is 10.1. The summed E-state index contributed by atoms with van der Waals surface area (Å²) in [5.74, 6) is -1.08. The van der Waals surface area contributed by atoms with Crippen LogP contribution in [0.4, 0.5) is 22.2 Å². The van der Waals surface area contributed by atoms with Gasteiger partial charge in [0, 0.05) is 24.0 Å². The fourth-order valence-corrected chi connectivity index (χ4v) is 4.30. The summed E-state index contributed by atoms with van der Waals surface area (Å²) in [6, 6.07) is 26.2. The third kappa shape index (κ3) is 9.10. The molecule has 2 N–H and O–H groups in total. The summed E-state index contributed by atoms with van der Waals surface area (Å²) >= 11 is 1.26. The summed E-state index contributed by atoms with van der Waals surface area (Å²) in [7, 11) is 1.81. The van der Waals surface area contributed by atoms with E-state index in [-0.39, 0.29) is 11.5 Å². The van der Waals surface area contributed by atoms with Crippen LogP contribution in [0.15, 0.2) is 95.3 Å². The van der Waals surface area contributed by atoms with Gasteiger partial charge in [0.25, 0.3) is 0 Å². The molecule has 0 aliphatic heterocycles. The maximum absolute atomic E-state index is 10.8. The lowest BCUT2D eigenvalue weighted by Gasteiger charge is -2.15. The topological polar surface area (TPSA) is 136 Å². The molecule has 10 nitrogen and oxygen atoms in total. The van der Waals surface area contributed by atoms with Crippen LogP contribution in [0.2, 0.25) is 0 Å². The zero-order valence-electron chi connectivity index (χ0n) is 21.0. The molecule has 0 saturated carbocycles. The second-order valence-electron chi connectivity index (χ2n) is 8.15. The number of carbonyl (C=O) groups is 1. The number of nitrogens with one attached hydrogen (secondary N) is 2. The lowest BCUT2D eigenvalue weighted by molar-refractivity contribution is -0.655. The molecular weight excluding hydrogens is 504 g/mol. The van der Waals surface area contributed by atoms with Gasteiger partial charge in [0.1, 0.15) is 16.8 Å². The zero-order chi connectivity index (χ0) is 27.3. The molecule has 3 aromatic carbocycles. The molecule has 0 fully saturated rings. The highest BCUT2D eigenvalue weighted by Gasteiger charge is 2.18. The van der Waals surface area contributed by atoms with Crippen LogP contribution < -0.4 is 20.3 Å². The first-order valence-electron chi connectivity index (χ1n) is 11.7. The van der Waals surface area contributed by atoms with Crippen molar-refractivity contribution >= 4 is 39.5 Å². The third-order valence-electron chi connectivity index (χ3n) is 5.07. The standard InChI is InChI=1S/C25H24N6O2S.C2H4O2/c1-30-17-21(18-31(32)33)34-25(30)29-28-23-14-8-13-22(26-15-19-9-4-2-5-10-19)24(23)27-16-20-11-6-3-7-12-20;1-2(3)4/h2-14,17H,15-16,18H2,1H3,(H,26,28);1H3,(H,3,4). The molecule has 0 saturated heterocycles. The van der Waals surface area contributed by atoms with Crippen LogP contribution in [0.3, 0.4) is 0 Å². The number of aryl methyl sites for hydroxylation is 1. The number of carbonyl (C=O) groups excluding carboxylic acids is 1. The number of carboxylic acids is 1. The number of thiazole rings is 1. The van der Waals surface area contributed by atoms with E-state index in [9.17, 15) is 10.1 Å². The monoisotopic (exact) mass is 532 g/mol. The van der Waals surface area contributed by atoms with E-state index < -0.39 is 5.97 Å². The highest BCUT2D eigenvalue weighted by atomic mass is 32.1. The Bertz CT molecular complexity index is 1370. The van der Waals surface area contributed by atoms with Gasteiger partial charge in [-0.15, -0.1) is 0 Å². The number of azo groups is 1. The van der Waals surface area contributed by atoms with Crippen molar-refractivity contribution in [3.63, 3.8) is 0 Å². The van der Waals surface area contributed by atoms with E-state index in [4.69, 9.17) is 9.90 Å². The fourth-order valence-electron chi connectivity index (χ4n) is 3.41. The number of anilines is 2. The number of benzene rings is 3. The molecule has 38 heavy (non-hydrogen) atoms. The minimum absolute atomic E-state index is 0.225. The largest absolute Gasteiger partial charge is 0.550 e. The van der Waals surface area contributed by atoms with E-state index in [1.54, 1.807) is 17.8 Å². The van der Waals surface area contributed by atoms with Crippen molar-refractivity contribution in [1.82, 2.24) is 0 Å². The fraction of sp³-hybridized carbons (Fsp3) is 0.185. The van der Waals surface area contributed by atoms with E-state index in [0.29, 0.717) is 28.8 Å². The molecule has 0 aliphatic carbocycles. The second kappa shape index (κ2) is 14.2. The smallest absolute Gasteiger partial charge is 0.408 e. The van der Waals surface area contributed by atoms with Crippen LogP contribution >= 0.6 is 11.3 Å². The predicted octanol–water partition coefficient (Wildman–Crippen LogP) is 4.75. The highest BCUT2D eigenvalue weighted by molar-refractivity contribution is 7.14. The highest BCUT2D eigenvalue weighted by Crippen LogP contribution is 2.35. The number of carboxylic acid groups (broad SMARTS) is 1. The number of nitro groups is 1. The number of hydrogen-bond donors (Lipinski definition) is 2. The Labute approximate surface area is 224 Å². The molecule has 4 rings (SSSR count). The molecule has 1 aromatic heterocycles. The Morgan fingerprint density at radius 2 is 1.50 bits per heavy atom. The van der Waals surface area contributed by atoms with Crippen LogP contribution in [-0.4, -0.2) is 10.9 Å². The number of rotatable bonds is 10. The summed E-state index contributed by atoms with van der Waals surface area (Å²) in [5, 5.41) is 36.2. The zero-order valence-corrected chi connectivity index (χ0v) is 21.9. The number of para-hydroxylation sites is 1. The van der Waals surface area contributed by atoms with Crippen molar-refractivity contribution < 1.29 is 19.4 Å². The Morgan fingerprint density at radius 1 is 0.921 bits per heavy atom.